The maximum absolute atomic E-state index is 6.14. The average molecular weight is 157 g/mol. The molecule has 10 heavy (non-hydrogen) atoms. The van der Waals surface area contributed by atoms with Crippen LogP contribution in [0.5, 0.6) is 0 Å². The van der Waals surface area contributed by atoms with Crippen LogP contribution in [-0.4, -0.2) is 8.24 Å². The van der Waals surface area contributed by atoms with Gasteiger partial charge in [0.2, 0.25) is 0 Å². The van der Waals surface area contributed by atoms with Gasteiger partial charge in [0.25, 0.3) is 0 Å². The molecule has 0 saturated heterocycles. The fraction of sp³-hybridized carbons (Fsp3) is 0.750. The summed E-state index contributed by atoms with van der Waals surface area (Å²) >= 11 is 0. The zero-order valence-corrected chi connectivity index (χ0v) is 8.19. The third-order valence-electron chi connectivity index (χ3n) is 1.84. The van der Waals surface area contributed by atoms with Gasteiger partial charge < -0.3 is 5.40 Å². The maximum atomic E-state index is 6.14. The van der Waals surface area contributed by atoms with E-state index in [4.69, 9.17) is 5.40 Å². The summed E-state index contributed by atoms with van der Waals surface area (Å²) in [7, 11) is -1.46. The second-order valence-electron chi connectivity index (χ2n) is 2.94. The highest BCUT2D eigenvalue weighted by atomic mass is 28.3. The lowest BCUT2D eigenvalue weighted by Crippen LogP contribution is -2.43. The Hall–Kier alpha value is -0.0831. The standard InChI is InChI=1S/C8H19NSi/c1-4-7-10(9,6-3)8-5-2/h6H,3-5,7-9H2,1-2H3. The Morgan fingerprint density at radius 2 is 1.70 bits per heavy atom. The molecule has 1 nitrogen and oxygen atoms in total. The maximum Gasteiger partial charge on any atom is 0.147 e. The molecule has 60 valence electrons. The van der Waals surface area contributed by atoms with Gasteiger partial charge in [0.1, 0.15) is 8.24 Å². The van der Waals surface area contributed by atoms with E-state index in [1.807, 2.05) is 5.70 Å². The Balaban J connectivity index is 3.81. The van der Waals surface area contributed by atoms with Crippen LogP contribution in [0, 0.1) is 0 Å². The van der Waals surface area contributed by atoms with Crippen molar-refractivity contribution in [3.63, 3.8) is 0 Å². The first-order valence-electron chi connectivity index (χ1n) is 4.11. The normalized spacial score (nSPS) is 11.5. The molecule has 0 aliphatic heterocycles. The number of hydrogen-bond acceptors (Lipinski definition) is 1. The van der Waals surface area contributed by atoms with Crippen molar-refractivity contribution in [1.82, 2.24) is 0 Å². The van der Waals surface area contributed by atoms with Gasteiger partial charge >= 0.3 is 0 Å². The SMILES string of the molecule is C=C[Si](N)(CCC)CCC. The molecule has 0 aromatic heterocycles. The van der Waals surface area contributed by atoms with E-state index in [-0.39, 0.29) is 0 Å². The molecule has 0 radical (unpaired) electrons. The third kappa shape index (κ3) is 3.18. The predicted octanol–water partition coefficient (Wildman–Crippen LogP) is 2.44. The zero-order valence-electron chi connectivity index (χ0n) is 7.19. The molecular formula is C8H19NSi. The van der Waals surface area contributed by atoms with Gasteiger partial charge in [-0.25, -0.2) is 0 Å². The molecule has 2 heteroatoms. The number of nitrogens with two attached hydrogens (primary N) is 1. The Morgan fingerprint density at radius 3 is 1.90 bits per heavy atom. The zero-order chi connectivity index (χ0) is 8.04. The molecule has 0 saturated carbocycles. The quantitative estimate of drug-likeness (QED) is 0.609. The van der Waals surface area contributed by atoms with Gasteiger partial charge in [-0.3, -0.25) is 0 Å². The summed E-state index contributed by atoms with van der Waals surface area (Å²) in [5, 5.41) is 6.14. The van der Waals surface area contributed by atoms with Crippen molar-refractivity contribution in [3.05, 3.63) is 12.3 Å². The van der Waals surface area contributed by atoms with Crippen LogP contribution in [0.3, 0.4) is 0 Å². The van der Waals surface area contributed by atoms with Crippen molar-refractivity contribution in [2.45, 2.75) is 38.8 Å². The molecular weight excluding hydrogens is 138 g/mol. The van der Waals surface area contributed by atoms with E-state index in [0.29, 0.717) is 0 Å². The van der Waals surface area contributed by atoms with Crippen LogP contribution in [0.2, 0.25) is 12.1 Å². The molecule has 0 amide bonds. The van der Waals surface area contributed by atoms with Gasteiger partial charge in [-0.15, -0.1) is 6.58 Å². The first-order valence-corrected chi connectivity index (χ1v) is 6.68. The Bertz CT molecular complexity index is 95.4. The van der Waals surface area contributed by atoms with Crippen molar-refractivity contribution >= 4 is 8.24 Å². The second-order valence-corrected chi connectivity index (χ2v) is 6.81. The summed E-state index contributed by atoms with van der Waals surface area (Å²) in [6.07, 6.45) is 2.41. The summed E-state index contributed by atoms with van der Waals surface area (Å²) in [5.74, 6) is 0. The van der Waals surface area contributed by atoms with Gasteiger partial charge in [-0.2, -0.15) is 0 Å². The van der Waals surface area contributed by atoms with E-state index < -0.39 is 8.24 Å². The van der Waals surface area contributed by atoms with E-state index in [1.54, 1.807) is 0 Å². The van der Waals surface area contributed by atoms with Crippen LogP contribution in [0.4, 0.5) is 0 Å². The summed E-state index contributed by atoms with van der Waals surface area (Å²) in [6, 6.07) is 2.40. The predicted molar refractivity (Wildman–Crippen MR) is 50.3 cm³/mol. The molecule has 0 rings (SSSR count). The minimum Gasteiger partial charge on any atom is -0.348 e. The Morgan fingerprint density at radius 1 is 1.30 bits per heavy atom. The number of hydrogen-bond donors (Lipinski definition) is 1. The minimum absolute atomic E-state index is 1.20. The molecule has 0 aromatic carbocycles. The van der Waals surface area contributed by atoms with Gasteiger partial charge in [0, 0.05) is 0 Å². The van der Waals surface area contributed by atoms with Gasteiger partial charge in [0.05, 0.1) is 0 Å². The average Bonchev–Trinajstić information content (AvgIpc) is 1.89. The Kier molecular flexibility index (Phi) is 4.65. The molecule has 0 bridgehead atoms. The fourth-order valence-corrected chi connectivity index (χ4v) is 3.78. The first kappa shape index (κ1) is 9.92. The van der Waals surface area contributed by atoms with Crippen LogP contribution in [0.1, 0.15) is 26.7 Å². The molecule has 0 aromatic rings. The lowest BCUT2D eigenvalue weighted by Gasteiger charge is -2.20. The van der Waals surface area contributed by atoms with Crippen molar-refractivity contribution in [2.24, 2.45) is 5.40 Å². The van der Waals surface area contributed by atoms with Crippen LogP contribution < -0.4 is 5.40 Å². The van der Waals surface area contributed by atoms with E-state index in [9.17, 15) is 0 Å². The van der Waals surface area contributed by atoms with Crippen LogP contribution >= 0.6 is 0 Å². The minimum atomic E-state index is -1.46. The lowest BCUT2D eigenvalue weighted by molar-refractivity contribution is 0.980. The topological polar surface area (TPSA) is 26.0 Å². The van der Waals surface area contributed by atoms with E-state index in [1.165, 1.54) is 24.9 Å². The Labute approximate surface area is 65.4 Å². The molecule has 0 heterocycles. The van der Waals surface area contributed by atoms with Gasteiger partial charge in [-0.05, 0) is 12.1 Å². The van der Waals surface area contributed by atoms with Crippen molar-refractivity contribution in [1.29, 1.82) is 0 Å². The van der Waals surface area contributed by atoms with Crippen LogP contribution in [0.15, 0.2) is 12.3 Å². The van der Waals surface area contributed by atoms with E-state index in [0.717, 1.165) is 0 Å². The highest BCUT2D eigenvalue weighted by Crippen LogP contribution is 2.13. The summed E-state index contributed by atoms with van der Waals surface area (Å²) in [5.41, 5.74) is 2.03. The summed E-state index contributed by atoms with van der Waals surface area (Å²) in [4.78, 5) is 0. The van der Waals surface area contributed by atoms with E-state index in [2.05, 4.69) is 20.4 Å². The second kappa shape index (κ2) is 4.69. The monoisotopic (exact) mass is 157 g/mol. The highest BCUT2D eigenvalue weighted by Gasteiger charge is 2.21. The number of rotatable bonds is 5. The molecule has 0 fully saturated rings. The van der Waals surface area contributed by atoms with Crippen molar-refractivity contribution in [3.8, 4) is 0 Å². The molecule has 0 unspecified atom stereocenters. The van der Waals surface area contributed by atoms with Gasteiger partial charge in [0.15, 0.2) is 0 Å². The largest absolute Gasteiger partial charge is 0.348 e. The van der Waals surface area contributed by atoms with Crippen LogP contribution in [-0.2, 0) is 0 Å². The summed E-state index contributed by atoms with van der Waals surface area (Å²) < 4.78 is 0. The van der Waals surface area contributed by atoms with Gasteiger partial charge in [-0.1, -0.05) is 32.4 Å². The van der Waals surface area contributed by atoms with E-state index >= 15 is 0 Å². The highest BCUT2D eigenvalue weighted by molar-refractivity contribution is 6.81. The molecule has 2 N–H and O–H groups in total. The molecule has 0 atom stereocenters. The first-order chi connectivity index (χ1) is 4.68. The third-order valence-corrected chi connectivity index (χ3v) is 5.51. The van der Waals surface area contributed by atoms with Crippen molar-refractivity contribution in [2.75, 3.05) is 0 Å². The lowest BCUT2D eigenvalue weighted by atomic mass is 10.6. The molecule has 0 spiro atoms. The summed E-state index contributed by atoms with van der Waals surface area (Å²) in [6.45, 7) is 8.18. The fourth-order valence-electron chi connectivity index (χ4n) is 1.26. The smallest absolute Gasteiger partial charge is 0.147 e. The molecule has 0 aliphatic rings. The van der Waals surface area contributed by atoms with Crippen LogP contribution in [0.25, 0.3) is 0 Å². The van der Waals surface area contributed by atoms with Crippen molar-refractivity contribution < 1.29 is 0 Å². The molecule has 0 aliphatic carbocycles.